The summed E-state index contributed by atoms with van der Waals surface area (Å²) in [7, 11) is 0. The van der Waals surface area contributed by atoms with Gasteiger partial charge in [0.25, 0.3) is 0 Å². The van der Waals surface area contributed by atoms with Crippen LogP contribution in [0.4, 0.5) is 0 Å². The van der Waals surface area contributed by atoms with Crippen molar-refractivity contribution in [3.8, 4) is 0 Å². The monoisotopic (exact) mass is 130 g/mol. The molecule has 46 valence electrons. The average Bonchev–Trinajstić information content (AvgIpc) is 1.61. The zero-order valence-corrected chi connectivity index (χ0v) is 5.98. The van der Waals surface area contributed by atoms with Crippen molar-refractivity contribution in [1.29, 1.82) is 0 Å². The zero-order chi connectivity index (χ0) is 6.57. The molecular formula is C6H10OS. The molecule has 0 N–H and O–H groups in total. The van der Waals surface area contributed by atoms with Crippen molar-refractivity contribution in [2.75, 3.05) is 0 Å². The van der Waals surface area contributed by atoms with Gasteiger partial charge in [-0.1, -0.05) is 19.9 Å². The minimum absolute atomic E-state index is 0.182. The molecule has 8 heavy (non-hydrogen) atoms. The van der Waals surface area contributed by atoms with Gasteiger partial charge >= 0.3 is 0 Å². The molecule has 0 bridgehead atoms. The minimum Gasteiger partial charge on any atom is -0.283 e. The van der Waals surface area contributed by atoms with Crippen molar-refractivity contribution in [3.63, 3.8) is 0 Å². The maximum absolute atomic E-state index is 10.1. The normalized spacial score (nSPS) is 11.0. The van der Waals surface area contributed by atoms with Crippen molar-refractivity contribution >= 4 is 17.7 Å². The van der Waals surface area contributed by atoms with E-state index in [-0.39, 0.29) is 5.12 Å². The molecule has 0 spiro atoms. The third-order valence-corrected chi connectivity index (χ3v) is 0.773. The van der Waals surface area contributed by atoms with Gasteiger partial charge in [-0.25, -0.2) is 0 Å². The van der Waals surface area contributed by atoms with Crippen LogP contribution in [0.1, 0.15) is 13.8 Å². The quantitative estimate of drug-likeness (QED) is 0.444. The first-order chi connectivity index (χ1) is 3.63. The Balaban J connectivity index is 3.50. The smallest absolute Gasteiger partial charge is 0.208 e. The van der Waals surface area contributed by atoms with Gasteiger partial charge in [-0.3, -0.25) is 4.79 Å². The molecule has 0 aliphatic heterocycles. The number of hydrogen-bond donors (Lipinski definition) is 1. The number of hydrogen-bond acceptors (Lipinski definition) is 1. The number of allylic oxidation sites excluding steroid dienone is 1. The largest absolute Gasteiger partial charge is 0.283 e. The van der Waals surface area contributed by atoms with Gasteiger partial charge in [-0.2, -0.15) is 0 Å². The topological polar surface area (TPSA) is 17.1 Å². The molecule has 0 atom stereocenters. The van der Waals surface area contributed by atoms with E-state index in [9.17, 15) is 4.79 Å². The van der Waals surface area contributed by atoms with Crippen LogP contribution < -0.4 is 0 Å². The van der Waals surface area contributed by atoms with Gasteiger partial charge in [0.2, 0.25) is 5.12 Å². The summed E-state index contributed by atoms with van der Waals surface area (Å²) in [4.78, 5) is 10.1. The van der Waals surface area contributed by atoms with E-state index in [0.29, 0.717) is 5.92 Å². The third-order valence-electron chi connectivity index (χ3n) is 0.624. The molecule has 0 rings (SSSR count). The predicted molar refractivity (Wildman–Crippen MR) is 38.0 cm³/mol. The Hall–Kier alpha value is -0.240. The minimum atomic E-state index is -0.182. The highest BCUT2D eigenvalue weighted by atomic mass is 32.1. The van der Waals surface area contributed by atoms with Gasteiger partial charge in [0.05, 0.1) is 0 Å². The van der Waals surface area contributed by atoms with Crippen molar-refractivity contribution in [2.45, 2.75) is 13.8 Å². The summed E-state index contributed by atoms with van der Waals surface area (Å²) < 4.78 is 0. The van der Waals surface area contributed by atoms with Gasteiger partial charge in [-0.15, -0.1) is 12.6 Å². The Morgan fingerprint density at radius 1 is 1.62 bits per heavy atom. The molecule has 0 aliphatic carbocycles. The molecule has 1 nitrogen and oxygen atoms in total. The molecule has 0 saturated carbocycles. The highest BCUT2D eigenvalue weighted by Gasteiger charge is 1.85. The number of thiol groups is 1. The molecule has 0 aromatic rings. The Kier molecular flexibility index (Phi) is 3.61. The summed E-state index contributed by atoms with van der Waals surface area (Å²) in [5.41, 5.74) is 0. The average molecular weight is 130 g/mol. The van der Waals surface area contributed by atoms with Crippen molar-refractivity contribution in [3.05, 3.63) is 12.2 Å². The van der Waals surface area contributed by atoms with Crippen LogP contribution >= 0.6 is 12.6 Å². The molecule has 0 heterocycles. The number of carbonyl (C=O) groups excluding carboxylic acids is 1. The number of carbonyl (C=O) groups is 1. The second kappa shape index (κ2) is 3.72. The molecule has 0 unspecified atom stereocenters. The Morgan fingerprint density at radius 3 is 2.25 bits per heavy atom. The highest BCUT2D eigenvalue weighted by molar-refractivity contribution is 7.97. The zero-order valence-electron chi connectivity index (χ0n) is 5.09. The lowest BCUT2D eigenvalue weighted by atomic mass is 10.2. The second-order valence-electron chi connectivity index (χ2n) is 1.94. The summed E-state index contributed by atoms with van der Waals surface area (Å²) in [6, 6.07) is 0. The van der Waals surface area contributed by atoms with Gasteiger partial charge in [0.1, 0.15) is 0 Å². The molecule has 0 saturated heterocycles. The summed E-state index contributed by atoms with van der Waals surface area (Å²) in [5.74, 6) is 0.436. The van der Waals surface area contributed by atoms with Crippen molar-refractivity contribution in [1.82, 2.24) is 0 Å². The Bertz CT molecular complexity index is 105. The van der Waals surface area contributed by atoms with E-state index in [2.05, 4.69) is 12.6 Å². The molecule has 0 amide bonds. The summed E-state index contributed by atoms with van der Waals surface area (Å²) in [6.45, 7) is 4.01. The van der Waals surface area contributed by atoms with E-state index in [1.54, 1.807) is 0 Å². The van der Waals surface area contributed by atoms with Crippen molar-refractivity contribution < 1.29 is 4.79 Å². The van der Waals surface area contributed by atoms with E-state index in [0.717, 1.165) is 0 Å². The Labute approximate surface area is 55.2 Å². The van der Waals surface area contributed by atoms with Crippen LogP contribution in [0.15, 0.2) is 12.2 Å². The van der Waals surface area contributed by atoms with Crippen LogP contribution in [0.25, 0.3) is 0 Å². The van der Waals surface area contributed by atoms with Gasteiger partial charge in [0.15, 0.2) is 0 Å². The fourth-order valence-corrected chi connectivity index (χ4v) is 0.361. The van der Waals surface area contributed by atoms with Crippen LogP contribution in [-0.4, -0.2) is 5.12 Å². The van der Waals surface area contributed by atoms with Gasteiger partial charge < -0.3 is 0 Å². The number of rotatable bonds is 2. The van der Waals surface area contributed by atoms with Crippen LogP contribution in [-0.2, 0) is 4.79 Å². The molecule has 0 aliphatic rings. The third kappa shape index (κ3) is 5.76. The first-order valence-electron chi connectivity index (χ1n) is 2.54. The van der Waals surface area contributed by atoms with Crippen LogP contribution in [0.3, 0.4) is 0 Å². The van der Waals surface area contributed by atoms with E-state index in [1.165, 1.54) is 6.08 Å². The highest BCUT2D eigenvalue weighted by Crippen LogP contribution is 1.93. The maximum atomic E-state index is 10.1. The fourth-order valence-electron chi connectivity index (χ4n) is 0.275. The predicted octanol–water partition coefficient (Wildman–Crippen LogP) is 1.66. The molecule has 0 radical (unpaired) electrons. The lowest BCUT2D eigenvalue weighted by Gasteiger charge is -1.88. The van der Waals surface area contributed by atoms with Gasteiger partial charge in [-0.05, 0) is 12.0 Å². The lowest BCUT2D eigenvalue weighted by Crippen LogP contribution is -1.80. The van der Waals surface area contributed by atoms with E-state index in [1.807, 2.05) is 19.9 Å². The van der Waals surface area contributed by atoms with Gasteiger partial charge in [0, 0.05) is 0 Å². The lowest BCUT2D eigenvalue weighted by molar-refractivity contribution is -0.106. The molecule has 0 aromatic heterocycles. The molecule has 0 fully saturated rings. The van der Waals surface area contributed by atoms with Crippen LogP contribution in [0.2, 0.25) is 0 Å². The molecule has 2 heteroatoms. The Morgan fingerprint density at radius 2 is 2.12 bits per heavy atom. The van der Waals surface area contributed by atoms with Crippen LogP contribution in [0, 0.1) is 5.92 Å². The van der Waals surface area contributed by atoms with Crippen molar-refractivity contribution in [2.24, 2.45) is 5.92 Å². The molecule has 0 aromatic carbocycles. The SMILES string of the molecule is CC(C)/C=C/C(=O)S. The molecular weight excluding hydrogens is 120 g/mol. The first-order valence-corrected chi connectivity index (χ1v) is 2.98. The second-order valence-corrected chi connectivity index (χ2v) is 2.38. The first kappa shape index (κ1) is 7.76. The van der Waals surface area contributed by atoms with Crippen LogP contribution in [0.5, 0.6) is 0 Å². The summed E-state index contributed by atoms with van der Waals surface area (Å²) in [6.07, 6.45) is 3.28. The van der Waals surface area contributed by atoms with E-state index < -0.39 is 0 Å². The van der Waals surface area contributed by atoms with E-state index in [4.69, 9.17) is 0 Å². The van der Waals surface area contributed by atoms with E-state index >= 15 is 0 Å². The maximum Gasteiger partial charge on any atom is 0.208 e. The standard InChI is InChI=1S/C6H10OS/c1-5(2)3-4-6(7)8/h3-5H,1-2H3,(H,7,8)/b4-3+. The summed E-state index contributed by atoms with van der Waals surface area (Å²) in [5, 5.41) is -0.182. The fraction of sp³-hybridized carbons (Fsp3) is 0.500. The summed E-state index contributed by atoms with van der Waals surface area (Å²) >= 11 is 3.55.